The number of nitrogens with one attached hydrogen (secondary N) is 1. The molecule has 2 unspecified atom stereocenters. The van der Waals surface area contributed by atoms with Gasteiger partial charge in [0.2, 0.25) is 0 Å². The molecule has 7 heteroatoms. The normalized spacial score (nSPS) is 23.3. The van der Waals surface area contributed by atoms with Crippen LogP contribution in [0.1, 0.15) is 60.1 Å². The van der Waals surface area contributed by atoms with Crippen molar-refractivity contribution in [1.29, 1.82) is 5.26 Å². The highest BCUT2D eigenvalue weighted by molar-refractivity contribution is 5.91. The Bertz CT molecular complexity index is 740. The fourth-order valence-corrected chi connectivity index (χ4v) is 4.43. The minimum atomic E-state index is -0.489. The van der Waals surface area contributed by atoms with Crippen molar-refractivity contribution in [3.05, 3.63) is 22.9 Å². The number of piperidine rings is 1. The molecule has 0 amide bonds. The third-order valence-corrected chi connectivity index (χ3v) is 6.04. The summed E-state index contributed by atoms with van der Waals surface area (Å²) in [6.45, 7) is 3.25. The van der Waals surface area contributed by atoms with Gasteiger partial charge in [-0.2, -0.15) is 5.26 Å². The van der Waals surface area contributed by atoms with Crippen LogP contribution in [0.2, 0.25) is 0 Å². The molecule has 1 aliphatic carbocycles. The largest absolute Gasteiger partial charge is 0.465 e. The molecule has 1 saturated heterocycles. The van der Waals surface area contributed by atoms with E-state index in [-0.39, 0.29) is 18.6 Å². The molecule has 0 radical (unpaired) electrons. The van der Waals surface area contributed by atoms with Gasteiger partial charge in [-0.15, -0.1) is 0 Å². The number of aliphatic hydroxyl groups excluding tert-OH is 1. The van der Waals surface area contributed by atoms with Crippen LogP contribution in [0.4, 0.5) is 5.82 Å². The van der Waals surface area contributed by atoms with Crippen LogP contribution < -0.4 is 10.2 Å². The summed E-state index contributed by atoms with van der Waals surface area (Å²) in [5.74, 6) is 0.184. The molecule has 2 heterocycles. The number of aryl methyl sites for hydroxylation is 1. The molecule has 3 rings (SSSR count). The van der Waals surface area contributed by atoms with Gasteiger partial charge in [-0.05, 0) is 32.3 Å². The van der Waals surface area contributed by atoms with Crippen LogP contribution >= 0.6 is 0 Å². The van der Waals surface area contributed by atoms with Crippen LogP contribution in [0, 0.1) is 24.2 Å². The zero-order valence-electron chi connectivity index (χ0n) is 16.8. The Balaban J connectivity index is 1.75. The maximum Gasteiger partial charge on any atom is 0.339 e. The highest BCUT2D eigenvalue weighted by atomic mass is 16.5. The van der Waals surface area contributed by atoms with Crippen molar-refractivity contribution in [2.75, 3.05) is 31.7 Å². The quantitative estimate of drug-likeness (QED) is 0.748. The van der Waals surface area contributed by atoms with E-state index in [1.807, 2.05) is 0 Å². The molecule has 1 aromatic rings. The molecular weight excluding hydrogens is 356 g/mol. The first kappa shape index (κ1) is 20.6. The molecule has 1 saturated carbocycles. The second-order valence-electron chi connectivity index (χ2n) is 7.88. The number of aromatic nitrogens is 1. The van der Waals surface area contributed by atoms with E-state index in [1.54, 1.807) is 13.0 Å². The molecule has 28 heavy (non-hydrogen) atoms. The number of carbonyl (C=O) groups excluding carboxylic acids is 1. The van der Waals surface area contributed by atoms with E-state index < -0.39 is 5.97 Å². The summed E-state index contributed by atoms with van der Waals surface area (Å²) in [6.07, 6.45) is 7.21. The molecule has 0 aromatic carbocycles. The number of nitriles is 1. The maximum absolute atomic E-state index is 11.9. The number of carbonyl (C=O) groups is 1. The summed E-state index contributed by atoms with van der Waals surface area (Å²) in [7, 11) is 1.32. The zero-order valence-corrected chi connectivity index (χ0v) is 16.8. The third kappa shape index (κ3) is 4.45. The second-order valence-corrected chi connectivity index (χ2v) is 7.88. The minimum absolute atomic E-state index is 0.0876. The monoisotopic (exact) mass is 386 g/mol. The minimum Gasteiger partial charge on any atom is -0.465 e. The predicted molar refractivity (Wildman–Crippen MR) is 106 cm³/mol. The molecule has 152 valence electrons. The predicted octanol–water partition coefficient (Wildman–Crippen LogP) is 2.16. The lowest BCUT2D eigenvalue weighted by atomic mass is 9.89. The highest BCUT2D eigenvalue weighted by Gasteiger charge is 2.32. The summed E-state index contributed by atoms with van der Waals surface area (Å²) >= 11 is 0. The van der Waals surface area contributed by atoms with Crippen molar-refractivity contribution in [2.45, 2.75) is 57.5 Å². The Morgan fingerprint density at radius 2 is 2.14 bits per heavy atom. The second kappa shape index (κ2) is 9.35. The van der Waals surface area contributed by atoms with Crippen LogP contribution in [0.5, 0.6) is 0 Å². The number of methoxy groups -OCH3 is 1. The van der Waals surface area contributed by atoms with Crippen LogP contribution in [0.15, 0.2) is 6.07 Å². The average molecular weight is 386 g/mol. The Morgan fingerprint density at radius 1 is 1.39 bits per heavy atom. The lowest BCUT2D eigenvalue weighted by molar-refractivity contribution is 0.0599. The molecule has 2 fully saturated rings. The van der Waals surface area contributed by atoms with E-state index in [0.717, 1.165) is 13.0 Å². The summed E-state index contributed by atoms with van der Waals surface area (Å²) in [5.41, 5.74) is 1.22. The first-order valence-corrected chi connectivity index (χ1v) is 10.2. The summed E-state index contributed by atoms with van der Waals surface area (Å²) < 4.78 is 4.78. The van der Waals surface area contributed by atoms with Gasteiger partial charge in [-0.25, -0.2) is 9.78 Å². The third-order valence-electron chi connectivity index (χ3n) is 6.04. The van der Waals surface area contributed by atoms with E-state index in [9.17, 15) is 15.2 Å². The zero-order chi connectivity index (χ0) is 20.1. The Kier molecular flexibility index (Phi) is 6.87. The maximum atomic E-state index is 11.9. The first-order valence-electron chi connectivity index (χ1n) is 10.2. The van der Waals surface area contributed by atoms with Crippen molar-refractivity contribution in [3.63, 3.8) is 0 Å². The number of nitrogens with zero attached hydrogens (tertiary/aromatic N) is 3. The van der Waals surface area contributed by atoms with E-state index in [0.29, 0.717) is 35.2 Å². The van der Waals surface area contributed by atoms with E-state index in [4.69, 9.17) is 4.74 Å². The number of anilines is 1. The molecule has 1 aliphatic heterocycles. The van der Waals surface area contributed by atoms with Crippen molar-refractivity contribution in [3.8, 4) is 6.07 Å². The number of ether oxygens (including phenoxy) is 1. The summed E-state index contributed by atoms with van der Waals surface area (Å²) in [6, 6.07) is 4.55. The van der Waals surface area contributed by atoms with E-state index >= 15 is 0 Å². The van der Waals surface area contributed by atoms with Crippen LogP contribution in [0.25, 0.3) is 0 Å². The van der Waals surface area contributed by atoms with Crippen molar-refractivity contribution < 1.29 is 14.6 Å². The van der Waals surface area contributed by atoms with Gasteiger partial charge in [0, 0.05) is 37.7 Å². The lowest BCUT2D eigenvalue weighted by Gasteiger charge is -2.41. The molecule has 2 atom stereocenters. The fourth-order valence-electron chi connectivity index (χ4n) is 4.43. The fraction of sp³-hybridized carbons (Fsp3) is 0.667. The molecular formula is C21H30N4O3. The van der Waals surface area contributed by atoms with Gasteiger partial charge in [0.15, 0.2) is 0 Å². The van der Waals surface area contributed by atoms with Gasteiger partial charge in [0.25, 0.3) is 0 Å². The molecule has 0 spiro atoms. The number of esters is 1. The smallest absolute Gasteiger partial charge is 0.339 e. The van der Waals surface area contributed by atoms with E-state index in [1.165, 1.54) is 39.2 Å². The SMILES string of the molecule is COC(=O)c1cc(C#N)c(N2CCC(NC3CCCCC3)C(CO)C2)nc1C. The average Bonchev–Trinajstić information content (AvgIpc) is 2.74. The van der Waals surface area contributed by atoms with Crippen LogP contribution in [-0.4, -0.2) is 54.9 Å². The summed E-state index contributed by atoms with van der Waals surface area (Å²) in [4.78, 5) is 18.5. The van der Waals surface area contributed by atoms with E-state index in [2.05, 4.69) is 21.3 Å². The Hall–Kier alpha value is -2.17. The van der Waals surface area contributed by atoms with Crippen LogP contribution in [-0.2, 0) is 4.74 Å². The van der Waals surface area contributed by atoms with Gasteiger partial charge in [0.05, 0.1) is 23.9 Å². The Morgan fingerprint density at radius 3 is 2.79 bits per heavy atom. The van der Waals surface area contributed by atoms with Gasteiger partial charge in [0.1, 0.15) is 11.9 Å². The summed E-state index contributed by atoms with van der Waals surface area (Å²) in [5, 5.41) is 23.3. The molecule has 2 aliphatic rings. The first-order chi connectivity index (χ1) is 13.6. The Labute approximate surface area is 166 Å². The molecule has 7 nitrogen and oxygen atoms in total. The van der Waals surface area contributed by atoms with Gasteiger partial charge in [-0.3, -0.25) is 0 Å². The molecule has 2 N–H and O–H groups in total. The van der Waals surface area contributed by atoms with Crippen LogP contribution in [0.3, 0.4) is 0 Å². The van der Waals surface area contributed by atoms with Crippen molar-refractivity contribution in [1.82, 2.24) is 10.3 Å². The van der Waals surface area contributed by atoms with Crippen molar-refractivity contribution in [2.24, 2.45) is 5.92 Å². The number of hydrogen-bond donors (Lipinski definition) is 2. The number of hydrogen-bond acceptors (Lipinski definition) is 7. The van der Waals surface area contributed by atoms with Gasteiger partial charge in [-0.1, -0.05) is 19.3 Å². The molecule has 0 bridgehead atoms. The lowest BCUT2D eigenvalue weighted by Crippen LogP contribution is -2.54. The standard InChI is InChI=1S/C21H30N4O3/c1-14-18(21(27)28-2)10-15(11-22)20(23-14)25-9-8-19(16(12-25)13-26)24-17-6-4-3-5-7-17/h10,16-17,19,24,26H,3-9,12-13H2,1-2H3. The number of aliphatic hydroxyl groups is 1. The number of pyridine rings is 1. The van der Waals surface area contributed by atoms with Gasteiger partial charge >= 0.3 is 5.97 Å². The molecule has 1 aromatic heterocycles. The topological polar surface area (TPSA) is 98.5 Å². The number of rotatable bonds is 5. The van der Waals surface area contributed by atoms with Gasteiger partial charge < -0.3 is 20.1 Å². The highest BCUT2D eigenvalue weighted by Crippen LogP contribution is 2.28. The van der Waals surface area contributed by atoms with Crippen molar-refractivity contribution >= 4 is 11.8 Å².